The topological polar surface area (TPSA) is 23.5 Å². The molecule has 1 saturated heterocycles. The van der Waals surface area contributed by atoms with Crippen LogP contribution in [0.5, 0.6) is 0 Å². The lowest BCUT2D eigenvalue weighted by atomic mass is 10.2. The molecule has 94 valence electrons. The van der Waals surface area contributed by atoms with E-state index in [1.54, 1.807) is 11.0 Å². The fourth-order valence-electron chi connectivity index (χ4n) is 1.90. The molecule has 6 heteroatoms. The van der Waals surface area contributed by atoms with E-state index in [4.69, 9.17) is 0 Å². The molecule has 0 amide bonds. The molecule has 0 aliphatic carbocycles. The molecule has 17 heavy (non-hydrogen) atoms. The first-order valence-electron chi connectivity index (χ1n) is 5.17. The van der Waals surface area contributed by atoms with E-state index in [1.807, 2.05) is 0 Å². The van der Waals surface area contributed by atoms with E-state index < -0.39 is 17.8 Å². The molecule has 1 N–H and O–H groups in total. The van der Waals surface area contributed by atoms with Crippen molar-refractivity contribution in [1.29, 1.82) is 0 Å². The summed E-state index contributed by atoms with van der Waals surface area (Å²) in [5.74, 6) is 0. The number of alkyl halides is 3. The Bertz CT molecular complexity index is 422. The van der Waals surface area contributed by atoms with Gasteiger partial charge in [0.05, 0.1) is 11.7 Å². The third-order valence-corrected chi connectivity index (χ3v) is 3.20. The Kier molecular flexibility index (Phi) is 3.36. The predicted molar refractivity (Wildman–Crippen MR) is 62.0 cm³/mol. The Labute approximate surface area is 105 Å². The highest BCUT2D eigenvalue weighted by atomic mass is 79.9. The third-order valence-electron chi connectivity index (χ3n) is 2.74. The van der Waals surface area contributed by atoms with E-state index in [0.29, 0.717) is 29.7 Å². The summed E-state index contributed by atoms with van der Waals surface area (Å²) in [6.07, 6.45) is -4.21. The molecule has 0 aromatic heterocycles. The number of aliphatic hydroxyl groups excluding tert-OH is 1. The summed E-state index contributed by atoms with van der Waals surface area (Å²) < 4.78 is 38.3. The molecular formula is C11H11BrF3NO. The van der Waals surface area contributed by atoms with Crippen LogP contribution >= 0.6 is 15.9 Å². The molecule has 1 atom stereocenters. The van der Waals surface area contributed by atoms with Crippen molar-refractivity contribution in [2.45, 2.75) is 18.7 Å². The van der Waals surface area contributed by atoms with Crippen molar-refractivity contribution in [2.24, 2.45) is 0 Å². The van der Waals surface area contributed by atoms with Crippen LogP contribution in [0.15, 0.2) is 22.7 Å². The molecule has 2 nitrogen and oxygen atoms in total. The highest BCUT2D eigenvalue weighted by Gasteiger charge is 2.32. The van der Waals surface area contributed by atoms with Gasteiger partial charge in [0.1, 0.15) is 0 Å². The van der Waals surface area contributed by atoms with Gasteiger partial charge in [-0.05, 0) is 24.6 Å². The summed E-state index contributed by atoms with van der Waals surface area (Å²) in [6.45, 7) is 0.961. The van der Waals surface area contributed by atoms with Gasteiger partial charge in [0.25, 0.3) is 0 Å². The average molecular weight is 310 g/mol. The number of rotatable bonds is 1. The maximum absolute atomic E-state index is 12.6. The van der Waals surface area contributed by atoms with Crippen molar-refractivity contribution >= 4 is 21.6 Å². The molecule has 0 bridgehead atoms. The molecule has 1 fully saturated rings. The monoisotopic (exact) mass is 309 g/mol. The summed E-state index contributed by atoms with van der Waals surface area (Å²) in [7, 11) is 0. The van der Waals surface area contributed by atoms with Crippen LogP contribution in [0.2, 0.25) is 0 Å². The summed E-state index contributed by atoms with van der Waals surface area (Å²) >= 11 is 3.08. The van der Waals surface area contributed by atoms with Gasteiger partial charge in [-0.2, -0.15) is 13.2 Å². The molecule has 0 radical (unpaired) electrons. The Hall–Kier alpha value is -0.750. The Balaban J connectivity index is 2.32. The van der Waals surface area contributed by atoms with Gasteiger partial charge in [0.15, 0.2) is 0 Å². The van der Waals surface area contributed by atoms with E-state index in [-0.39, 0.29) is 0 Å². The van der Waals surface area contributed by atoms with Crippen LogP contribution in [0, 0.1) is 0 Å². The van der Waals surface area contributed by atoms with Crippen LogP contribution in [-0.4, -0.2) is 24.3 Å². The van der Waals surface area contributed by atoms with Gasteiger partial charge in [-0.25, -0.2) is 0 Å². The van der Waals surface area contributed by atoms with E-state index in [1.165, 1.54) is 0 Å². The van der Waals surface area contributed by atoms with Gasteiger partial charge in [-0.3, -0.25) is 0 Å². The summed E-state index contributed by atoms with van der Waals surface area (Å²) in [4.78, 5) is 1.75. The van der Waals surface area contributed by atoms with E-state index in [2.05, 4.69) is 15.9 Å². The molecule has 1 aromatic rings. The van der Waals surface area contributed by atoms with Gasteiger partial charge < -0.3 is 10.0 Å². The molecule has 1 aliphatic heterocycles. The van der Waals surface area contributed by atoms with Crippen molar-refractivity contribution < 1.29 is 18.3 Å². The van der Waals surface area contributed by atoms with Crippen LogP contribution in [0.1, 0.15) is 12.0 Å². The minimum atomic E-state index is -4.35. The fraction of sp³-hybridized carbons (Fsp3) is 0.455. The second kappa shape index (κ2) is 4.49. The molecule has 1 heterocycles. The maximum Gasteiger partial charge on any atom is 0.416 e. The molecular weight excluding hydrogens is 299 g/mol. The number of benzene rings is 1. The Morgan fingerprint density at radius 2 is 2.00 bits per heavy atom. The third kappa shape index (κ3) is 2.93. The van der Waals surface area contributed by atoms with Crippen molar-refractivity contribution in [1.82, 2.24) is 0 Å². The van der Waals surface area contributed by atoms with Gasteiger partial charge in [-0.15, -0.1) is 0 Å². The molecule has 1 unspecified atom stereocenters. The standard InChI is InChI=1S/C11H11BrF3NO/c12-8-3-7(11(13,14)15)4-9(5-8)16-2-1-10(17)6-16/h3-5,10,17H,1-2,6H2. The second-order valence-corrected chi connectivity index (χ2v) is 5.00. The van der Waals surface area contributed by atoms with Gasteiger partial charge in [0.2, 0.25) is 0 Å². The molecule has 0 spiro atoms. The number of aliphatic hydroxyl groups is 1. The quantitative estimate of drug-likeness (QED) is 0.862. The zero-order valence-corrected chi connectivity index (χ0v) is 10.4. The highest BCUT2D eigenvalue weighted by Crippen LogP contribution is 2.35. The molecule has 1 aromatic carbocycles. The summed E-state index contributed by atoms with van der Waals surface area (Å²) in [5.41, 5.74) is -0.188. The summed E-state index contributed by atoms with van der Waals surface area (Å²) in [5, 5.41) is 9.38. The van der Waals surface area contributed by atoms with Crippen LogP contribution in [0.25, 0.3) is 0 Å². The van der Waals surface area contributed by atoms with Crippen molar-refractivity contribution in [3.63, 3.8) is 0 Å². The van der Waals surface area contributed by atoms with Gasteiger partial charge in [-0.1, -0.05) is 15.9 Å². The maximum atomic E-state index is 12.6. The van der Waals surface area contributed by atoms with Crippen molar-refractivity contribution in [2.75, 3.05) is 18.0 Å². The van der Waals surface area contributed by atoms with Crippen molar-refractivity contribution in [3.05, 3.63) is 28.2 Å². The fourth-order valence-corrected chi connectivity index (χ4v) is 2.38. The minimum absolute atomic E-state index is 0.383. The molecule has 1 aliphatic rings. The summed E-state index contributed by atoms with van der Waals surface area (Å²) in [6, 6.07) is 3.80. The van der Waals surface area contributed by atoms with Crippen LogP contribution < -0.4 is 4.90 Å². The van der Waals surface area contributed by atoms with Gasteiger partial charge >= 0.3 is 6.18 Å². The Morgan fingerprint density at radius 1 is 1.29 bits per heavy atom. The highest BCUT2D eigenvalue weighted by molar-refractivity contribution is 9.10. The number of hydrogen-bond acceptors (Lipinski definition) is 2. The second-order valence-electron chi connectivity index (χ2n) is 4.08. The SMILES string of the molecule is OC1CCN(c2cc(Br)cc(C(F)(F)F)c2)C1. The lowest BCUT2D eigenvalue weighted by Gasteiger charge is -2.20. The smallest absolute Gasteiger partial charge is 0.391 e. The first-order valence-corrected chi connectivity index (χ1v) is 5.96. The average Bonchev–Trinajstić information content (AvgIpc) is 2.62. The van der Waals surface area contributed by atoms with Crippen LogP contribution in [-0.2, 0) is 6.18 Å². The largest absolute Gasteiger partial charge is 0.416 e. The lowest BCUT2D eigenvalue weighted by molar-refractivity contribution is -0.137. The van der Waals surface area contributed by atoms with E-state index in [0.717, 1.165) is 12.1 Å². The molecule has 2 rings (SSSR count). The number of hydrogen-bond donors (Lipinski definition) is 1. The van der Waals surface area contributed by atoms with E-state index in [9.17, 15) is 18.3 Å². The first kappa shape index (κ1) is 12.7. The zero-order valence-electron chi connectivity index (χ0n) is 8.84. The number of halogens is 4. The minimum Gasteiger partial charge on any atom is -0.391 e. The van der Waals surface area contributed by atoms with E-state index >= 15 is 0 Å². The predicted octanol–water partition coefficient (Wildman–Crippen LogP) is 3.04. The number of β-amino-alcohol motifs (C(OH)–C–C–N with tert-alkyl or cyclic N) is 1. The lowest BCUT2D eigenvalue weighted by Crippen LogP contribution is -2.21. The Morgan fingerprint density at radius 3 is 2.53 bits per heavy atom. The van der Waals surface area contributed by atoms with Gasteiger partial charge in [0, 0.05) is 23.2 Å². The molecule has 0 saturated carbocycles. The number of nitrogens with zero attached hydrogens (tertiary/aromatic N) is 1. The first-order chi connectivity index (χ1) is 7.86. The van der Waals surface area contributed by atoms with Crippen molar-refractivity contribution in [3.8, 4) is 0 Å². The van der Waals surface area contributed by atoms with Crippen LogP contribution in [0.3, 0.4) is 0 Å². The zero-order chi connectivity index (χ0) is 12.6. The van der Waals surface area contributed by atoms with Crippen LogP contribution in [0.4, 0.5) is 18.9 Å². The number of anilines is 1. The normalized spacial score (nSPS) is 21.0.